The van der Waals surface area contributed by atoms with Gasteiger partial charge in [-0.3, -0.25) is 14.9 Å². The molecule has 182 valence electrons. The number of aliphatic carboxylic acids is 1. The third-order valence-corrected chi connectivity index (χ3v) is 7.22. The molecule has 2 aromatic carbocycles. The maximum absolute atomic E-state index is 12.6. The molecule has 1 aliphatic rings. The Kier molecular flexibility index (Phi) is 7.45. The smallest absolute Gasteiger partial charge is 0.413 e. The summed E-state index contributed by atoms with van der Waals surface area (Å²) in [5, 5.41) is 14.6. The number of ether oxygens (including phenoxy) is 1. The Balaban J connectivity index is 1.35. The van der Waals surface area contributed by atoms with Crippen molar-refractivity contribution in [2.24, 2.45) is 5.92 Å². The molecule has 1 unspecified atom stereocenters. The number of fused-ring (bicyclic) bond motifs is 3. The number of hydrogen-bond donors (Lipinski definition) is 3. The summed E-state index contributed by atoms with van der Waals surface area (Å²) < 4.78 is 5.54. The second-order valence-electron chi connectivity index (χ2n) is 8.47. The fourth-order valence-corrected chi connectivity index (χ4v) is 5.18. The largest absolute Gasteiger partial charge is 0.481 e. The molecule has 0 saturated carbocycles. The van der Waals surface area contributed by atoms with Crippen LogP contribution < -0.4 is 10.6 Å². The fraction of sp³-hybridized carbons (Fsp3) is 0.308. The lowest BCUT2D eigenvalue weighted by molar-refractivity contribution is -0.138. The molecule has 0 spiro atoms. The SMILES string of the molecule is CCC(CNC(=O)c1sc(NC(=O)OCC2c3ccccc3-c3ccccc32)nc1C)CC(=O)O. The van der Waals surface area contributed by atoms with E-state index in [9.17, 15) is 14.4 Å². The quantitative estimate of drug-likeness (QED) is 0.384. The number of carbonyl (C=O) groups is 3. The molecule has 0 aliphatic heterocycles. The normalized spacial score (nSPS) is 13.0. The van der Waals surface area contributed by atoms with Crippen molar-refractivity contribution in [1.82, 2.24) is 10.3 Å². The second kappa shape index (κ2) is 10.7. The minimum atomic E-state index is -0.894. The minimum Gasteiger partial charge on any atom is -0.481 e. The number of carboxylic acid groups (broad SMARTS) is 1. The number of anilines is 1. The van der Waals surface area contributed by atoms with Gasteiger partial charge in [-0.15, -0.1) is 0 Å². The number of carbonyl (C=O) groups excluding carboxylic acids is 2. The van der Waals surface area contributed by atoms with Gasteiger partial charge in [0.05, 0.1) is 5.69 Å². The summed E-state index contributed by atoms with van der Waals surface area (Å²) in [5.74, 6) is -1.44. The number of aromatic nitrogens is 1. The lowest BCUT2D eigenvalue weighted by Crippen LogP contribution is -2.30. The molecule has 4 rings (SSSR count). The number of benzene rings is 2. The molecule has 3 N–H and O–H groups in total. The van der Waals surface area contributed by atoms with Gasteiger partial charge < -0.3 is 15.2 Å². The van der Waals surface area contributed by atoms with Crippen molar-refractivity contribution in [3.8, 4) is 11.1 Å². The number of nitrogens with zero attached hydrogens (tertiary/aromatic N) is 1. The topological polar surface area (TPSA) is 118 Å². The van der Waals surface area contributed by atoms with Gasteiger partial charge in [-0.1, -0.05) is 73.2 Å². The van der Waals surface area contributed by atoms with Crippen LogP contribution in [0.1, 0.15) is 52.2 Å². The maximum Gasteiger partial charge on any atom is 0.413 e. The number of aryl methyl sites for hydroxylation is 1. The summed E-state index contributed by atoms with van der Waals surface area (Å²) in [4.78, 5) is 40.7. The van der Waals surface area contributed by atoms with Crippen molar-refractivity contribution in [3.63, 3.8) is 0 Å². The van der Waals surface area contributed by atoms with E-state index in [4.69, 9.17) is 9.84 Å². The molecule has 1 aromatic heterocycles. The van der Waals surface area contributed by atoms with Crippen LogP contribution in [0, 0.1) is 12.8 Å². The molecular weight excluding hydrogens is 466 g/mol. The van der Waals surface area contributed by atoms with Crippen molar-refractivity contribution >= 4 is 34.4 Å². The highest BCUT2D eigenvalue weighted by Crippen LogP contribution is 2.44. The number of nitrogens with one attached hydrogen (secondary N) is 2. The Bertz CT molecular complexity index is 1210. The molecule has 1 aliphatic carbocycles. The van der Waals surface area contributed by atoms with Crippen LogP contribution >= 0.6 is 11.3 Å². The monoisotopic (exact) mass is 493 g/mol. The van der Waals surface area contributed by atoms with Crippen LogP contribution in [0.5, 0.6) is 0 Å². The van der Waals surface area contributed by atoms with Crippen molar-refractivity contribution in [3.05, 3.63) is 70.2 Å². The summed E-state index contributed by atoms with van der Waals surface area (Å²) in [7, 11) is 0. The zero-order chi connectivity index (χ0) is 24.9. The van der Waals surface area contributed by atoms with Crippen LogP contribution in [0.3, 0.4) is 0 Å². The lowest BCUT2D eigenvalue weighted by Gasteiger charge is -2.14. The van der Waals surface area contributed by atoms with Crippen molar-refractivity contribution in [1.29, 1.82) is 0 Å². The Morgan fingerprint density at radius 2 is 1.71 bits per heavy atom. The van der Waals surface area contributed by atoms with Crippen LogP contribution in [0.2, 0.25) is 0 Å². The van der Waals surface area contributed by atoms with Crippen LogP contribution in [-0.4, -0.2) is 41.2 Å². The van der Waals surface area contributed by atoms with Crippen LogP contribution in [0.4, 0.5) is 9.93 Å². The molecule has 2 amide bonds. The summed E-state index contributed by atoms with van der Waals surface area (Å²) >= 11 is 1.05. The zero-order valence-electron chi connectivity index (χ0n) is 19.5. The predicted octanol–water partition coefficient (Wildman–Crippen LogP) is 5.04. The number of carboxylic acids is 1. The van der Waals surface area contributed by atoms with Crippen molar-refractivity contribution < 1.29 is 24.2 Å². The average Bonchev–Trinajstić information content (AvgIpc) is 3.37. The van der Waals surface area contributed by atoms with Crippen LogP contribution in [-0.2, 0) is 9.53 Å². The first-order valence-corrected chi connectivity index (χ1v) is 12.3. The van der Waals surface area contributed by atoms with E-state index in [1.165, 1.54) is 0 Å². The van der Waals surface area contributed by atoms with E-state index in [-0.39, 0.29) is 42.4 Å². The number of amides is 2. The van der Waals surface area contributed by atoms with Gasteiger partial charge in [0.2, 0.25) is 0 Å². The molecule has 8 nitrogen and oxygen atoms in total. The summed E-state index contributed by atoms with van der Waals surface area (Å²) in [6, 6.07) is 16.2. The van der Waals surface area contributed by atoms with Gasteiger partial charge in [0.1, 0.15) is 11.5 Å². The molecule has 0 radical (unpaired) electrons. The van der Waals surface area contributed by atoms with Gasteiger partial charge in [-0.25, -0.2) is 9.78 Å². The number of hydrogen-bond acceptors (Lipinski definition) is 6. The maximum atomic E-state index is 12.6. The molecule has 0 fully saturated rings. The molecule has 1 atom stereocenters. The molecule has 3 aromatic rings. The molecule has 1 heterocycles. The zero-order valence-corrected chi connectivity index (χ0v) is 20.4. The highest BCUT2D eigenvalue weighted by atomic mass is 32.1. The van der Waals surface area contributed by atoms with E-state index >= 15 is 0 Å². The van der Waals surface area contributed by atoms with Gasteiger partial charge in [0, 0.05) is 18.9 Å². The fourth-order valence-electron chi connectivity index (χ4n) is 4.31. The first kappa shape index (κ1) is 24.4. The Morgan fingerprint density at radius 3 is 2.31 bits per heavy atom. The van der Waals surface area contributed by atoms with E-state index in [0.717, 1.165) is 33.6 Å². The van der Waals surface area contributed by atoms with Gasteiger partial charge >= 0.3 is 12.1 Å². The second-order valence-corrected chi connectivity index (χ2v) is 9.47. The Hall–Kier alpha value is -3.72. The van der Waals surface area contributed by atoms with Crippen LogP contribution in [0.25, 0.3) is 11.1 Å². The molecular formula is C26H27N3O5S. The Labute approximate surface area is 207 Å². The highest BCUT2D eigenvalue weighted by Gasteiger charge is 2.29. The lowest BCUT2D eigenvalue weighted by atomic mass is 9.98. The van der Waals surface area contributed by atoms with Gasteiger partial charge in [0.25, 0.3) is 5.91 Å². The van der Waals surface area contributed by atoms with E-state index < -0.39 is 12.1 Å². The van der Waals surface area contributed by atoms with Crippen molar-refractivity contribution in [2.45, 2.75) is 32.6 Å². The van der Waals surface area contributed by atoms with Gasteiger partial charge in [0.15, 0.2) is 5.13 Å². The Morgan fingerprint density at radius 1 is 1.09 bits per heavy atom. The first-order valence-electron chi connectivity index (χ1n) is 11.5. The molecule has 9 heteroatoms. The summed E-state index contributed by atoms with van der Waals surface area (Å²) in [6.45, 7) is 4.00. The number of thiazole rings is 1. The third-order valence-electron chi connectivity index (χ3n) is 6.15. The number of rotatable bonds is 9. The van der Waals surface area contributed by atoms with E-state index in [1.54, 1.807) is 6.92 Å². The average molecular weight is 494 g/mol. The van der Waals surface area contributed by atoms with Gasteiger partial charge in [-0.05, 0) is 35.1 Å². The molecule has 0 bridgehead atoms. The standard InChI is InChI=1S/C26H27N3O5S/c1-3-16(12-22(30)31)13-27-24(32)23-15(2)28-25(35-23)29-26(33)34-14-21-19-10-6-4-8-17(19)18-9-5-7-11-20(18)21/h4-11,16,21H,3,12-14H2,1-2H3,(H,27,32)(H,30,31)(H,28,29,33). The van der Waals surface area contributed by atoms with E-state index in [1.807, 2.05) is 31.2 Å². The van der Waals surface area contributed by atoms with Crippen LogP contribution in [0.15, 0.2) is 48.5 Å². The van der Waals surface area contributed by atoms with Crippen molar-refractivity contribution in [2.75, 3.05) is 18.5 Å². The summed E-state index contributed by atoms with van der Waals surface area (Å²) in [5.41, 5.74) is 5.03. The summed E-state index contributed by atoms with van der Waals surface area (Å²) in [6.07, 6.45) is -0.00401. The van der Waals surface area contributed by atoms with E-state index in [2.05, 4.69) is 39.9 Å². The first-order chi connectivity index (χ1) is 16.9. The molecule has 35 heavy (non-hydrogen) atoms. The molecule has 0 saturated heterocycles. The highest BCUT2D eigenvalue weighted by molar-refractivity contribution is 7.17. The third kappa shape index (κ3) is 5.51. The van der Waals surface area contributed by atoms with Gasteiger partial charge in [-0.2, -0.15) is 0 Å². The van der Waals surface area contributed by atoms with E-state index in [0.29, 0.717) is 17.0 Å². The predicted molar refractivity (Wildman–Crippen MR) is 134 cm³/mol. The minimum absolute atomic E-state index is 0.00690.